The number of allylic oxidation sites excluding steroid dienone is 1. The topological polar surface area (TPSA) is 79.3 Å². The van der Waals surface area contributed by atoms with Crippen LogP contribution in [-0.4, -0.2) is 29.3 Å². The first-order valence-electron chi connectivity index (χ1n) is 12.6. The summed E-state index contributed by atoms with van der Waals surface area (Å²) in [6, 6.07) is 8.16. The molecule has 190 valence electrons. The summed E-state index contributed by atoms with van der Waals surface area (Å²) in [6.45, 7) is 8.42. The number of amides is 1. The summed E-state index contributed by atoms with van der Waals surface area (Å²) in [5.74, 6) is 1.20. The molecule has 1 saturated carbocycles. The summed E-state index contributed by atoms with van der Waals surface area (Å²) < 4.78 is 12.1. The summed E-state index contributed by atoms with van der Waals surface area (Å²) in [6.07, 6.45) is 7.19. The van der Waals surface area contributed by atoms with Crippen molar-refractivity contribution >= 4 is 35.2 Å². The summed E-state index contributed by atoms with van der Waals surface area (Å²) in [5.41, 5.74) is 3.34. The van der Waals surface area contributed by atoms with E-state index in [1.165, 1.54) is 0 Å². The van der Waals surface area contributed by atoms with Crippen molar-refractivity contribution < 1.29 is 14.3 Å². The van der Waals surface area contributed by atoms with Crippen LogP contribution in [0.5, 0.6) is 5.75 Å². The fourth-order valence-corrected chi connectivity index (χ4v) is 5.55. The van der Waals surface area contributed by atoms with Gasteiger partial charge in [0.25, 0.3) is 0 Å². The minimum absolute atomic E-state index is 0.178. The number of carbonyl (C=O) groups is 1. The highest BCUT2D eigenvalue weighted by molar-refractivity contribution is 6.36. The Bertz CT molecular complexity index is 1340. The Labute approximate surface area is 216 Å². The number of benzene rings is 1. The highest BCUT2D eigenvalue weighted by Gasteiger charge is 2.33. The number of nitrogens with one attached hydrogen (secondary N) is 1. The van der Waals surface area contributed by atoms with E-state index < -0.39 is 11.7 Å². The Morgan fingerprint density at radius 2 is 1.92 bits per heavy atom. The van der Waals surface area contributed by atoms with Crippen molar-refractivity contribution in [1.29, 1.82) is 0 Å². The lowest BCUT2D eigenvalue weighted by molar-refractivity contribution is 0.0584. The van der Waals surface area contributed by atoms with Crippen molar-refractivity contribution in [2.24, 2.45) is 16.1 Å². The minimum atomic E-state index is -0.610. The second-order valence-corrected chi connectivity index (χ2v) is 11.1. The molecule has 36 heavy (non-hydrogen) atoms. The molecule has 0 bridgehead atoms. The molecular formula is C28H33ClN4O3. The molecule has 3 heterocycles. The smallest absolute Gasteiger partial charge is 0.415 e. The summed E-state index contributed by atoms with van der Waals surface area (Å²) in [4.78, 5) is 18.5. The van der Waals surface area contributed by atoms with Crippen LogP contribution in [-0.2, 0) is 11.3 Å². The average molecular weight is 509 g/mol. The number of halogens is 1. The zero-order chi connectivity index (χ0) is 25.4. The van der Waals surface area contributed by atoms with Gasteiger partial charge < -0.3 is 14.5 Å². The molecule has 1 aromatic carbocycles. The maximum Gasteiger partial charge on any atom is 0.415 e. The van der Waals surface area contributed by atoms with Crippen LogP contribution in [0.15, 0.2) is 45.6 Å². The lowest BCUT2D eigenvalue weighted by atomic mass is 9.81. The maximum absolute atomic E-state index is 13.3. The Hall–Kier alpha value is -3.06. The number of aromatic amines is 1. The SMILES string of the molecule is Cc1ccccc1OC1CCC(C2=c3[nH]c4c(c3N(C(=O)OC(C)(C)C)CC=C2Cl)CN=NC=4)CC1. The zero-order valence-electron chi connectivity index (χ0n) is 21.3. The summed E-state index contributed by atoms with van der Waals surface area (Å²) in [5, 5.41) is 10.7. The number of aryl methyl sites for hydroxylation is 1. The molecule has 1 aromatic heterocycles. The predicted octanol–water partition coefficient (Wildman–Crippen LogP) is 5.69. The van der Waals surface area contributed by atoms with Crippen molar-refractivity contribution in [2.75, 3.05) is 11.4 Å². The van der Waals surface area contributed by atoms with E-state index in [0.29, 0.717) is 18.1 Å². The zero-order valence-corrected chi connectivity index (χ0v) is 22.1. The molecule has 0 saturated heterocycles. The fraction of sp³-hybridized carbons (Fsp3) is 0.464. The molecule has 5 rings (SSSR count). The normalized spacial score (nSPS) is 21.6. The van der Waals surface area contributed by atoms with Gasteiger partial charge in [0, 0.05) is 17.1 Å². The molecule has 0 unspecified atom stereocenters. The lowest BCUT2D eigenvalue weighted by Gasteiger charge is -2.30. The number of ether oxygens (including phenoxy) is 2. The summed E-state index contributed by atoms with van der Waals surface area (Å²) >= 11 is 6.94. The monoisotopic (exact) mass is 508 g/mol. The van der Waals surface area contributed by atoms with Crippen molar-refractivity contribution in [3.05, 3.63) is 57.2 Å². The molecule has 3 aliphatic rings. The van der Waals surface area contributed by atoms with E-state index in [0.717, 1.165) is 64.5 Å². The Balaban J connectivity index is 1.49. The summed E-state index contributed by atoms with van der Waals surface area (Å²) in [7, 11) is 0. The molecule has 7 nitrogen and oxygen atoms in total. The Morgan fingerprint density at radius 1 is 1.17 bits per heavy atom. The van der Waals surface area contributed by atoms with Gasteiger partial charge in [0.1, 0.15) is 11.4 Å². The van der Waals surface area contributed by atoms with Crippen LogP contribution >= 0.6 is 11.6 Å². The van der Waals surface area contributed by atoms with E-state index in [1.54, 1.807) is 11.1 Å². The number of hydrogen-bond donors (Lipinski definition) is 1. The first-order valence-corrected chi connectivity index (χ1v) is 13.0. The second-order valence-electron chi connectivity index (χ2n) is 10.7. The van der Waals surface area contributed by atoms with Gasteiger partial charge in [0.2, 0.25) is 0 Å². The van der Waals surface area contributed by atoms with E-state index >= 15 is 0 Å². The number of hydrogen-bond acceptors (Lipinski definition) is 5. The third kappa shape index (κ3) is 4.94. The van der Waals surface area contributed by atoms with Gasteiger partial charge in [-0.25, -0.2) is 4.79 Å². The molecule has 1 N–H and O–H groups in total. The molecular weight excluding hydrogens is 476 g/mol. The van der Waals surface area contributed by atoms with E-state index in [2.05, 4.69) is 28.2 Å². The third-order valence-corrected chi connectivity index (χ3v) is 7.30. The van der Waals surface area contributed by atoms with Gasteiger partial charge in [-0.3, -0.25) is 4.90 Å². The van der Waals surface area contributed by atoms with Crippen molar-refractivity contribution in [3.63, 3.8) is 0 Å². The van der Waals surface area contributed by atoms with Gasteiger partial charge in [-0.1, -0.05) is 29.8 Å². The van der Waals surface area contributed by atoms with Crippen molar-refractivity contribution in [1.82, 2.24) is 4.98 Å². The van der Waals surface area contributed by atoms with Gasteiger partial charge in [-0.2, -0.15) is 10.2 Å². The highest BCUT2D eigenvalue weighted by Crippen LogP contribution is 2.39. The van der Waals surface area contributed by atoms with Gasteiger partial charge >= 0.3 is 6.09 Å². The van der Waals surface area contributed by atoms with E-state index in [1.807, 2.05) is 45.0 Å². The predicted molar refractivity (Wildman–Crippen MR) is 142 cm³/mol. The maximum atomic E-state index is 13.3. The number of para-hydroxylation sites is 1. The Morgan fingerprint density at radius 3 is 2.64 bits per heavy atom. The quantitative estimate of drug-likeness (QED) is 0.578. The van der Waals surface area contributed by atoms with Gasteiger partial charge in [0.05, 0.1) is 35.2 Å². The number of aromatic nitrogens is 1. The van der Waals surface area contributed by atoms with E-state index in [-0.39, 0.29) is 12.0 Å². The number of H-pyrrole nitrogens is 1. The molecule has 1 amide bonds. The average Bonchev–Trinajstić information content (AvgIpc) is 3.12. The first-order chi connectivity index (χ1) is 17.2. The van der Waals surface area contributed by atoms with Crippen LogP contribution < -0.4 is 20.3 Å². The molecule has 0 radical (unpaired) electrons. The third-order valence-electron chi connectivity index (χ3n) is 6.94. The second kappa shape index (κ2) is 9.77. The highest BCUT2D eigenvalue weighted by atomic mass is 35.5. The number of anilines is 1. The van der Waals surface area contributed by atoms with Crippen LogP contribution in [0.1, 0.15) is 57.6 Å². The lowest BCUT2D eigenvalue weighted by Crippen LogP contribution is -2.39. The van der Waals surface area contributed by atoms with Gasteiger partial charge in [0.15, 0.2) is 0 Å². The Kier molecular flexibility index (Phi) is 6.68. The van der Waals surface area contributed by atoms with Crippen LogP contribution in [0.2, 0.25) is 0 Å². The number of azo groups is 1. The molecule has 1 aliphatic carbocycles. The largest absolute Gasteiger partial charge is 0.490 e. The standard InChI is InChI=1S/C28H33ClN4O3/c1-17-7-5-6-8-23(17)35-19-11-9-18(10-12-19)24-21(29)13-14-33(27(34)36-28(2,3)4)26-20-15-30-31-16-22(20)32-25(24)26/h5-8,13,16,18-19,32H,9-12,14-15H2,1-4H3. The molecule has 1 fully saturated rings. The van der Waals surface area contributed by atoms with Crippen molar-refractivity contribution in [2.45, 2.75) is 71.6 Å². The minimum Gasteiger partial charge on any atom is -0.490 e. The van der Waals surface area contributed by atoms with Crippen LogP contribution in [0.4, 0.5) is 10.5 Å². The van der Waals surface area contributed by atoms with Crippen LogP contribution in [0.3, 0.4) is 0 Å². The number of nitrogens with zero attached hydrogens (tertiary/aromatic N) is 3. The number of carbonyl (C=O) groups excluding carboxylic acids is 1. The van der Waals surface area contributed by atoms with Gasteiger partial charge in [-0.05, 0) is 82.6 Å². The van der Waals surface area contributed by atoms with E-state index in [4.69, 9.17) is 21.1 Å². The van der Waals surface area contributed by atoms with Crippen molar-refractivity contribution in [3.8, 4) is 5.75 Å². The van der Waals surface area contributed by atoms with Gasteiger partial charge in [-0.15, -0.1) is 0 Å². The number of rotatable bonds is 3. The van der Waals surface area contributed by atoms with E-state index in [9.17, 15) is 4.79 Å². The first kappa shape index (κ1) is 24.6. The molecule has 0 spiro atoms. The molecule has 2 aromatic rings. The molecule has 2 aliphatic heterocycles. The fourth-order valence-electron chi connectivity index (χ4n) is 5.23. The van der Waals surface area contributed by atoms with Crippen LogP contribution in [0.25, 0.3) is 11.8 Å². The molecule has 8 heteroatoms. The number of fused-ring (bicyclic) bond motifs is 3. The molecule has 0 atom stereocenters. The van der Waals surface area contributed by atoms with Crippen LogP contribution in [0, 0.1) is 12.8 Å².